The van der Waals surface area contributed by atoms with Crippen LogP contribution in [0.4, 0.5) is 0 Å². The van der Waals surface area contributed by atoms with Crippen LogP contribution in [0.3, 0.4) is 0 Å². The summed E-state index contributed by atoms with van der Waals surface area (Å²) in [5.41, 5.74) is 2.77. The average molecular weight is 280 g/mol. The van der Waals surface area contributed by atoms with Crippen molar-refractivity contribution in [2.75, 3.05) is 0 Å². The minimum Gasteiger partial charge on any atom is -0.310 e. The fourth-order valence-electron chi connectivity index (χ4n) is 3.23. The number of hydrogen-bond acceptors (Lipinski definition) is 5. The number of nitrogens with zero attached hydrogens (tertiary/aromatic N) is 4. The van der Waals surface area contributed by atoms with Crippen LogP contribution < -0.4 is 0 Å². The fraction of sp³-hybridized carbons (Fsp3) is 0.312. The number of rotatable bonds is 0. The van der Waals surface area contributed by atoms with Gasteiger partial charge in [-0.3, -0.25) is 15.0 Å². The van der Waals surface area contributed by atoms with Crippen molar-refractivity contribution in [3.05, 3.63) is 47.8 Å². The van der Waals surface area contributed by atoms with Crippen LogP contribution in [-0.2, 0) is 5.66 Å². The first-order valence-electron chi connectivity index (χ1n) is 6.97. The normalized spacial score (nSPS) is 21.2. The van der Waals surface area contributed by atoms with Crippen molar-refractivity contribution in [2.24, 2.45) is 4.99 Å². The van der Waals surface area contributed by atoms with E-state index in [0.29, 0.717) is 0 Å². The second-order valence-electron chi connectivity index (χ2n) is 6.04. The molecule has 0 saturated carbocycles. The zero-order valence-corrected chi connectivity index (χ0v) is 12.2. The van der Waals surface area contributed by atoms with Crippen LogP contribution in [-0.4, -0.2) is 31.5 Å². The molecule has 1 aliphatic carbocycles. The van der Waals surface area contributed by atoms with E-state index in [1.54, 1.807) is 12.4 Å². The molecule has 0 fully saturated rings. The van der Waals surface area contributed by atoms with Gasteiger partial charge in [-0.1, -0.05) is 12.1 Å². The zero-order chi connectivity index (χ0) is 14.8. The lowest BCUT2D eigenvalue weighted by molar-refractivity contribution is -0.189. The van der Waals surface area contributed by atoms with Gasteiger partial charge in [0.1, 0.15) is 0 Å². The van der Waals surface area contributed by atoms with E-state index in [0.717, 1.165) is 28.2 Å². The summed E-state index contributed by atoms with van der Waals surface area (Å²) in [6.07, 6.45) is 3.49. The predicted molar refractivity (Wildman–Crippen MR) is 79.1 cm³/mol. The van der Waals surface area contributed by atoms with Crippen molar-refractivity contribution in [3.8, 4) is 11.4 Å². The largest absolute Gasteiger partial charge is 0.310 e. The quantitative estimate of drug-likeness (QED) is 0.805. The summed E-state index contributed by atoms with van der Waals surface area (Å²) < 4.78 is 0. The predicted octanol–water partition coefficient (Wildman–Crippen LogP) is 2.60. The van der Waals surface area contributed by atoms with E-state index in [2.05, 4.69) is 9.97 Å². The molecule has 2 aromatic heterocycles. The van der Waals surface area contributed by atoms with Crippen molar-refractivity contribution < 1.29 is 5.21 Å². The molecule has 2 aromatic rings. The first kappa shape index (κ1) is 12.6. The van der Waals surface area contributed by atoms with E-state index < -0.39 is 11.2 Å². The second-order valence-corrected chi connectivity index (χ2v) is 6.04. The highest BCUT2D eigenvalue weighted by Gasteiger charge is 2.58. The number of hydrogen-bond donors (Lipinski definition) is 1. The van der Waals surface area contributed by atoms with Crippen LogP contribution in [0.15, 0.2) is 41.7 Å². The van der Waals surface area contributed by atoms with Gasteiger partial charge in [0.2, 0.25) is 0 Å². The maximum absolute atomic E-state index is 10.9. The molecule has 0 radical (unpaired) electrons. The minimum absolute atomic E-state index is 0.537. The van der Waals surface area contributed by atoms with Crippen LogP contribution in [0, 0.1) is 0 Å². The van der Waals surface area contributed by atoms with Gasteiger partial charge in [0.15, 0.2) is 5.66 Å². The van der Waals surface area contributed by atoms with Crippen LogP contribution in [0.1, 0.15) is 31.9 Å². The molecule has 0 bridgehead atoms. The maximum Gasteiger partial charge on any atom is 0.191 e. The first-order chi connectivity index (χ1) is 9.99. The Balaban J connectivity index is 2.12. The second kappa shape index (κ2) is 3.75. The summed E-state index contributed by atoms with van der Waals surface area (Å²) in [7, 11) is 0. The molecule has 0 unspecified atom stereocenters. The molecule has 1 spiro atoms. The van der Waals surface area contributed by atoms with E-state index >= 15 is 0 Å². The monoisotopic (exact) mass is 280 g/mol. The lowest BCUT2D eigenvalue weighted by atomic mass is 9.95. The van der Waals surface area contributed by atoms with E-state index in [9.17, 15) is 5.21 Å². The summed E-state index contributed by atoms with van der Waals surface area (Å²) in [4.78, 5) is 13.8. The molecule has 21 heavy (non-hydrogen) atoms. The number of aliphatic imine (C=N–C) groups is 1. The smallest absolute Gasteiger partial charge is 0.191 e. The van der Waals surface area contributed by atoms with Crippen LogP contribution >= 0.6 is 0 Å². The van der Waals surface area contributed by atoms with Gasteiger partial charge in [-0.15, -0.1) is 5.06 Å². The summed E-state index contributed by atoms with van der Waals surface area (Å²) in [6, 6.07) is 7.67. The van der Waals surface area contributed by atoms with Crippen LogP contribution in [0.2, 0.25) is 0 Å². The Bertz CT molecular complexity index is 736. The Kier molecular flexibility index (Phi) is 2.25. The third-order valence-electron chi connectivity index (χ3n) is 4.64. The van der Waals surface area contributed by atoms with Gasteiger partial charge < -0.3 is 5.21 Å². The molecule has 0 aromatic carbocycles. The lowest BCUT2D eigenvalue weighted by Crippen LogP contribution is -2.50. The molecule has 0 saturated heterocycles. The van der Waals surface area contributed by atoms with Crippen LogP contribution in [0.25, 0.3) is 11.4 Å². The number of aromatic nitrogens is 2. The van der Waals surface area contributed by atoms with Crippen LogP contribution in [0.5, 0.6) is 0 Å². The molecule has 5 nitrogen and oxygen atoms in total. The highest BCUT2D eigenvalue weighted by molar-refractivity contribution is 5.94. The third kappa shape index (κ3) is 1.30. The van der Waals surface area contributed by atoms with Crippen molar-refractivity contribution in [1.82, 2.24) is 15.0 Å². The summed E-state index contributed by atoms with van der Waals surface area (Å²) in [6.45, 7) is 5.87. The Morgan fingerprint density at radius 3 is 1.95 bits per heavy atom. The highest BCUT2D eigenvalue weighted by Crippen LogP contribution is 2.54. The Morgan fingerprint density at radius 2 is 1.52 bits per heavy atom. The van der Waals surface area contributed by atoms with Gasteiger partial charge in [0.05, 0.1) is 16.9 Å². The summed E-state index contributed by atoms with van der Waals surface area (Å²) in [5.74, 6) is 0. The molecule has 0 amide bonds. The molecule has 0 atom stereocenters. The molecular weight excluding hydrogens is 264 g/mol. The van der Waals surface area contributed by atoms with Gasteiger partial charge in [0.25, 0.3) is 0 Å². The van der Waals surface area contributed by atoms with E-state index in [1.165, 1.54) is 5.06 Å². The summed E-state index contributed by atoms with van der Waals surface area (Å²) in [5, 5.41) is 12.3. The SMILES string of the molecule is CC1=NC2(c3cccnc3-c3ncccc32)N(O)C1(C)C. The van der Waals surface area contributed by atoms with E-state index in [4.69, 9.17) is 4.99 Å². The zero-order valence-electron chi connectivity index (χ0n) is 12.2. The number of fused-ring (bicyclic) bond motifs is 5. The Labute approximate surface area is 123 Å². The van der Waals surface area contributed by atoms with E-state index in [-0.39, 0.29) is 0 Å². The molecule has 4 rings (SSSR count). The average Bonchev–Trinajstić information content (AvgIpc) is 2.87. The van der Waals surface area contributed by atoms with Gasteiger partial charge in [-0.2, -0.15) is 0 Å². The fourth-order valence-corrected chi connectivity index (χ4v) is 3.23. The van der Waals surface area contributed by atoms with Crippen molar-refractivity contribution in [1.29, 1.82) is 0 Å². The maximum atomic E-state index is 10.9. The number of hydroxylamine groups is 2. The molecule has 1 aliphatic heterocycles. The lowest BCUT2D eigenvalue weighted by Gasteiger charge is -2.36. The van der Waals surface area contributed by atoms with E-state index in [1.807, 2.05) is 45.0 Å². The van der Waals surface area contributed by atoms with Crippen molar-refractivity contribution >= 4 is 5.71 Å². The third-order valence-corrected chi connectivity index (χ3v) is 4.64. The Morgan fingerprint density at radius 1 is 1.00 bits per heavy atom. The minimum atomic E-state index is -0.930. The number of pyridine rings is 2. The van der Waals surface area contributed by atoms with Gasteiger partial charge in [-0.05, 0) is 32.9 Å². The molecule has 2 aliphatic rings. The Hall–Kier alpha value is -2.11. The standard InChI is InChI=1S/C16H16N4O/c1-10-15(2,3)20(21)16(19-10)11-6-4-8-17-13(11)14-12(16)7-5-9-18-14/h4-9,21H,1-3H3. The van der Waals surface area contributed by atoms with Gasteiger partial charge >= 0.3 is 0 Å². The van der Waals surface area contributed by atoms with Gasteiger partial charge in [-0.25, -0.2) is 0 Å². The molecule has 1 N–H and O–H groups in total. The first-order valence-corrected chi connectivity index (χ1v) is 6.97. The topological polar surface area (TPSA) is 61.6 Å². The molecule has 3 heterocycles. The van der Waals surface area contributed by atoms with Crippen molar-refractivity contribution in [2.45, 2.75) is 32.0 Å². The molecular formula is C16H16N4O. The van der Waals surface area contributed by atoms with Crippen molar-refractivity contribution in [3.63, 3.8) is 0 Å². The molecule has 5 heteroatoms. The summed E-state index contributed by atoms with van der Waals surface area (Å²) >= 11 is 0. The molecule has 106 valence electrons. The highest BCUT2D eigenvalue weighted by atomic mass is 16.5. The van der Waals surface area contributed by atoms with Gasteiger partial charge in [0, 0.05) is 29.2 Å².